The minimum absolute atomic E-state index is 0.00105. The molecule has 2 amide bonds. The van der Waals surface area contributed by atoms with Crippen LogP contribution >= 0.6 is 46.5 Å². The van der Waals surface area contributed by atoms with Gasteiger partial charge in [-0.25, -0.2) is 31.8 Å². The maximum Gasteiger partial charge on any atom is 0.343 e. The average molecular weight is 1020 g/mol. The molecule has 0 aliphatic carbocycles. The second-order valence-corrected chi connectivity index (χ2v) is 23.5. The third kappa shape index (κ3) is 7.35. The Morgan fingerprint density at radius 1 is 0.939 bits per heavy atom. The Kier molecular flexibility index (Phi) is 11.2. The second kappa shape index (κ2) is 15.9. The van der Waals surface area contributed by atoms with Crippen molar-refractivity contribution in [1.82, 2.24) is 9.64 Å². The fourth-order valence-corrected chi connectivity index (χ4v) is 13.7. The van der Waals surface area contributed by atoms with Gasteiger partial charge in [0.25, 0.3) is 11.8 Å². The first kappa shape index (κ1) is 46.3. The van der Waals surface area contributed by atoms with Gasteiger partial charge in [-0.3, -0.25) is 14.1 Å². The standard InChI is InChI=1S/C41H33F2N3O14S6/c1-40(2)21-11-32(64-60-59-50)62-37(21)17-9-19-26(14-24(17)44(40)5)57-27-15-25-18(38-22(41(3,4)45(25)6)12-33(63-38)65(51,52)53)10-20(27)34(19)35-36(43)28(13-23(42)39(35)66(54,55)56)61-16-31(49)58-46-29(47)7-8-30(46)48/h9-15H,7-8,16H2,1-6H3,(H2-,50,51,52,53,54,55,56). The Balaban J connectivity index is 1.36. The molecule has 17 nitrogen and oxygen atoms in total. The molecule has 66 heavy (non-hydrogen) atoms. The highest BCUT2D eigenvalue weighted by atomic mass is 32.3. The van der Waals surface area contributed by atoms with E-state index in [-0.39, 0.29) is 50.0 Å². The smallest absolute Gasteiger partial charge is 0.343 e. The molecule has 0 saturated carbocycles. The zero-order valence-electron chi connectivity index (χ0n) is 35.0. The van der Waals surface area contributed by atoms with Crippen molar-refractivity contribution >= 4 is 95.8 Å². The van der Waals surface area contributed by atoms with E-state index in [9.17, 15) is 40.3 Å². The third-order valence-corrected chi connectivity index (χ3v) is 18.3. The van der Waals surface area contributed by atoms with Crippen molar-refractivity contribution in [2.24, 2.45) is 0 Å². The van der Waals surface area contributed by atoms with Crippen LogP contribution < -0.4 is 24.8 Å². The molecule has 4 aliphatic rings. The van der Waals surface area contributed by atoms with Crippen LogP contribution in [0.5, 0.6) is 11.5 Å². The number of fused-ring (bicyclic) bond motifs is 8. The van der Waals surface area contributed by atoms with E-state index >= 15 is 8.78 Å². The fourth-order valence-electron chi connectivity index (χ4n) is 8.46. The Hall–Kier alpha value is -4.80. The highest BCUT2D eigenvalue weighted by molar-refractivity contribution is 8.00. The van der Waals surface area contributed by atoms with Crippen LogP contribution in [0.3, 0.4) is 0 Å². The zero-order valence-corrected chi connectivity index (χ0v) is 39.9. The molecule has 9 rings (SSSR count). The molecule has 2 aromatic heterocycles. The van der Waals surface area contributed by atoms with Crippen molar-refractivity contribution in [2.75, 3.05) is 24.7 Å². The monoisotopic (exact) mass is 1020 g/mol. The molecule has 6 heterocycles. The van der Waals surface area contributed by atoms with E-state index in [0.29, 0.717) is 59.5 Å². The van der Waals surface area contributed by atoms with Crippen molar-refractivity contribution in [2.45, 2.75) is 69.8 Å². The molecular formula is C41H33F2N3O14S6. The topological polar surface area (TPSA) is 229 Å². The van der Waals surface area contributed by atoms with Crippen LogP contribution in [0.25, 0.3) is 26.5 Å². The lowest BCUT2D eigenvalue weighted by Crippen LogP contribution is -2.46. The first-order chi connectivity index (χ1) is 30.8. The number of ether oxygens (including phenoxy) is 1. The molecule has 346 valence electrons. The minimum atomic E-state index is -5.88. The van der Waals surface area contributed by atoms with Gasteiger partial charge in [0.1, 0.15) is 49.4 Å². The van der Waals surface area contributed by atoms with Crippen molar-refractivity contribution < 1.29 is 73.3 Å². The number of hydrogen-bond acceptors (Lipinski definition) is 18. The van der Waals surface area contributed by atoms with E-state index in [2.05, 4.69) is 5.04 Å². The molecule has 0 spiro atoms. The maximum absolute atomic E-state index is 17.7. The van der Waals surface area contributed by atoms with Gasteiger partial charge in [0.15, 0.2) is 5.54 Å². The van der Waals surface area contributed by atoms with Gasteiger partial charge in [0.05, 0.1) is 44.1 Å². The molecule has 3 aromatic carbocycles. The van der Waals surface area contributed by atoms with Gasteiger partial charge in [-0.15, -0.1) is 43.8 Å². The summed E-state index contributed by atoms with van der Waals surface area (Å²) in [7, 11) is -7.05. The van der Waals surface area contributed by atoms with Gasteiger partial charge in [-0.05, 0) is 49.7 Å². The molecule has 1 fully saturated rings. The molecule has 25 heteroatoms. The van der Waals surface area contributed by atoms with Crippen molar-refractivity contribution in [3.05, 3.63) is 86.9 Å². The summed E-state index contributed by atoms with van der Waals surface area (Å²) < 4.78 is 122. The van der Waals surface area contributed by atoms with E-state index < -0.39 is 81.8 Å². The minimum Gasteiger partial charge on any atom is -0.744 e. The lowest BCUT2D eigenvalue weighted by atomic mass is 9.83. The van der Waals surface area contributed by atoms with E-state index in [1.165, 1.54) is 23.5 Å². The summed E-state index contributed by atoms with van der Waals surface area (Å²) in [5.41, 5.74) is -0.292. The van der Waals surface area contributed by atoms with Gasteiger partial charge < -0.3 is 19.0 Å². The summed E-state index contributed by atoms with van der Waals surface area (Å²) in [6, 6.07) is 9.82. The molecule has 0 radical (unpaired) electrons. The summed E-state index contributed by atoms with van der Waals surface area (Å²) in [5, 5.41) is 13.4. The lowest BCUT2D eigenvalue weighted by Gasteiger charge is -2.43. The summed E-state index contributed by atoms with van der Waals surface area (Å²) in [6.45, 7) is 7.54. The number of halogens is 2. The predicted octanol–water partition coefficient (Wildman–Crippen LogP) is 6.11. The number of imide groups is 1. The second-order valence-electron chi connectivity index (χ2n) is 16.4. The predicted molar refractivity (Wildman–Crippen MR) is 235 cm³/mol. The number of thiophene rings is 2. The van der Waals surface area contributed by atoms with E-state index in [4.69, 9.17) is 19.2 Å². The first-order valence-corrected chi connectivity index (χ1v) is 25.5. The van der Waals surface area contributed by atoms with Gasteiger partial charge in [-0.2, -0.15) is 8.42 Å². The van der Waals surface area contributed by atoms with Crippen molar-refractivity contribution in [3.63, 3.8) is 0 Å². The molecule has 0 atom stereocenters. The van der Waals surface area contributed by atoms with E-state index in [1.54, 1.807) is 31.3 Å². The number of hydrogen-bond donors (Lipinski definition) is 2. The van der Waals surface area contributed by atoms with Crippen LogP contribution in [-0.2, 0) is 59.9 Å². The van der Waals surface area contributed by atoms with Crippen LogP contribution in [0.2, 0.25) is 0 Å². The Morgan fingerprint density at radius 2 is 1.62 bits per heavy atom. The summed E-state index contributed by atoms with van der Waals surface area (Å²) in [6.07, 6.45) is -0.409. The number of anilines is 1. The van der Waals surface area contributed by atoms with Crippen LogP contribution in [0.4, 0.5) is 14.5 Å². The molecule has 4 aliphatic heterocycles. The average Bonchev–Trinajstić information content (AvgIpc) is 3.98. The number of thioether (sulfide) groups is 1. The van der Waals surface area contributed by atoms with Crippen molar-refractivity contribution in [3.8, 4) is 32.4 Å². The van der Waals surface area contributed by atoms with Gasteiger partial charge in [-0.1, -0.05) is 5.04 Å². The quantitative estimate of drug-likeness (QED) is 0.0300. The number of amides is 2. The molecule has 5 aromatic rings. The third-order valence-electron chi connectivity index (χ3n) is 12.2. The van der Waals surface area contributed by atoms with Crippen LogP contribution in [-0.4, -0.2) is 73.9 Å². The zero-order chi connectivity index (χ0) is 47.7. The molecular weight excluding hydrogens is 989 g/mol. The summed E-state index contributed by atoms with van der Waals surface area (Å²) in [5.74, 6) is -6.67. The van der Waals surface area contributed by atoms with Gasteiger partial charge in [0.2, 0.25) is 5.36 Å². The molecule has 2 N–H and O–H groups in total. The van der Waals surface area contributed by atoms with Crippen LogP contribution in [0.1, 0.15) is 62.8 Å². The highest BCUT2D eigenvalue weighted by Gasteiger charge is 2.44. The Morgan fingerprint density at radius 3 is 2.27 bits per heavy atom. The molecule has 1 saturated heterocycles. The van der Waals surface area contributed by atoms with E-state index in [0.717, 1.165) is 28.9 Å². The number of nitrogens with zero attached hydrogens (tertiary/aromatic N) is 3. The normalized spacial score (nSPS) is 16.9. The first-order valence-electron chi connectivity index (χ1n) is 19.3. The summed E-state index contributed by atoms with van der Waals surface area (Å²) >= 11 is 3.04. The molecule has 0 unspecified atom stereocenters. The number of hydroxylamine groups is 2. The SMILES string of the molecule is CN1c2cc3c(cc2-c2sc(SOOO)cc2C1(C)C)C(c1c(F)c(SCC(=O)ON2C(=O)CCC2=O)cc(F)c1S(=O)(=O)[O-])=c1cc2c(cc1O3)=[N+](C)C(C)(C)c1cc(S(=O)(=O)O)sc1-2. The molecule has 0 bridgehead atoms. The Labute approximate surface area is 390 Å². The largest absolute Gasteiger partial charge is 0.744 e. The number of carbonyl (C=O) groups excluding carboxylic acids is 3. The van der Waals surface area contributed by atoms with Crippen molar-refractivity contribution in [1.29, 1.82) is 0 Å². The lowest BCUT2D eigenvalue weighted by molar-refractivity contribution is -0.432. The van der Waals surface area contributed by atoms with Gasteiger partial charge in [0, 0.05) is 88.3 Å². The van der Waals surface area contributed by atoms with Crippen LogP contribution in [0, 0.1) is 11.6 Å². The number of benzene rings is 3. The van der Waals surface area contributed by atoms with Gasteiger partial charge >= 0.3 is 16.1 Å². The highest BCUT2D eigenvalue weighted by Crippen LogP contribution is 2.55. The maximum atomic E-state index is 17.7. The number of carbonyl (C=O) groups is 3. The fraction of sp³-hybridized carbons (Fsp3) is 0.268. The number of rotatable bonds is 10. The van der Waals surface area contributed by atoms with E-state index in [1.807, 2.05) is 44.2 Å². The summed E-state index contributed by atoms with van der Waals surface area (Å²) in [4.78, 5) is 42.7. The Bertz CT molecular complexity index is 3390. The van der Waals surface area contributed by atoms with Crippen LogP contribution in [0.15, 0.2) is 60.7 Å².